The van der Waals surface area contributed by atoms with E-state index < -0.39 is 5.97 Å². The maximum Gasteiger partial charge on any atom is 0.341 e. The molecule has 106 valence electrons. The summed E-state index contributed by atoms with van der Waals surface area (Å²) in [7, 11) is 1.35. The van der Waals surface area contributed by atoms with Gasteiger partial charge in [0.2, 0.25) is 0 Å². The van der Waals surface area contributed by atoms with Gasteiger partial charge in [0, 0.05) is 22.7 Å². The van der Waals surface area contributed by atoms with Crippen molar-refractivity contribution in [2.45, 2.75) is 6.92 Å². The lowest BCUT2D eigenvalue weighted by atomic mass is 9.97. The maximum absolute atomic E-state index is 12.5. The van der Waals surface area contributed by atoms with E-state index in [-0.39, 0.29) is 5.56 Å². The molecule has 2 aromatic heterocycles. The van der Waals surface area contributed by atoms with Gasteiger partial charge in [0.15, 0.2) is 0 Å². The summed E-state index contributed by atoms with van der Waals surface area (Å²) in [6.07, 6.45) is 1.68. The van der Waals surface area contributed by atoms with E-state index in [4.69, 9.17) is 4.74 Å². The molecule has 0 N–H and O–H groups in total. The molecule has 0 aliphatic heterocycles. The van der Waals surface area contributed by atoms with Crippen molar-refractivity contribution in [1.82, 2.24) is 4.40 Å². The van der Waals surface area contributed by atoms with Crippen molar-refractivity contribution in [2.24, 2.45) is 0 Å². The normalized spacial score (nSPS) is 10.8. The number of nitrogens with zero attached hydrogens (tertiary/aromatic N) is 1. The number of methoxy groups -OCH3 is 1. The van der Waals surface area contributed by atoms with Crippen molar-refractivity contribution in [1.29, 1.82) is 0 Å². The number of hydrogen-bond donors (Lipinski definition) is 0. The highest BCUT2D eigenvalue weighted by Crippen LogP contribution is 2.31. The van der Waals surface area contributed by atoms with Crippen LogP contribution in [-0.2, 0) is 4.74 Å². The van der Waals surface area contributed by atoms with Crippen LogP contribution in [0.2, 0.25) is 0 Å². The molecule has 0 amide bonds. The summed E-state index contributed by atoms with van der Waals surface area (Å²) in [4.78, 5) is 25.3. The SMILES string of the molecule is COC(=O)c1c(-c2ccccc2)c(C)c(=O)n2ccsc12. The van der Waals surface area contributed by atoms with Crippen LogP contribution in [-0.4, -0.2) is 17.5 Å². The van der Waals surface area contributed by atoms with Crippen LogP contribution >= 0.6 is 11.3 Å². The Labute approximate surface area is 125 Å². The second-order valence-electron chi connectivity index (χ2n) is 4.62. The van der Waals surface area contributed by atoms with E-state index in [1.54, 1.807) is 18.5 Å². The monoisotopic (exact) mass is 299 g/mol. The largest absolute Gasteiger partial charge is 0.465 e. The minimum atomic E-state index is -0.433. The number of pyridine rings is 1. The molecule has 0 saturated heterocycles. The summed E-state index contributed by atoms with van der Waals surface area (Å²) in [6.45, 7) is 1.74. The quantitative estimate of drug-likeness (QED) is 0.683. The number of ether oxygens (including phenoxy) is 1. The smallest absolute Gasteiger partial charge is 0.341 e. The molecule has 0 bridgehead atoms. The van der Waals surface area contributed by atoms with Crippen molar-refractivity contribution in [3.63, 3.8) is 0 Å². The van der Waals surface area contributed by atoms with Crippen molar-refractivity contribution < 1.29 is 9.53 Å². The zero-order valence-corrected chi connectivity index (χ0v) is 12.4. The highest BCUT2D eigenvalue weighted by Gasteiger charge is 2.23. The van der Waals surface area contributed by atoms with Crippen LogP contribution in [0.5, 0.6) is 0 Å². The van der Waals surface area contributed by atoms with Gasteiger partial charge >= 0.3 is 5.97 Å². The van der Waals surface area contributed by atoms with Gasteiger partial charge in [-0.05, 0) is 12.5 Å². The van der Waals surface area contributed by atoms with Gasteiger partial charge in [0.05, 0.1) is 7.11 Å². The lowest BCUT2D eigenvalue weighted by molar-refractivity contribution is 0.0603. The second kappa shape index (κ2) is 5.18. The van der Waals surface area contributed by atoms with Crippen LogP contribution in [0.15, 0.2) is 46.7 Å². The van der Waals surface area contributed by atoms with Crippen LogP contribution in [0.25, 0.3) is 16.0 Å². The van der Waals surface area contributed by atoms with E-state index in [0.717, 1.165) is 5.56 Å². The van der Waals surface area contributed by atoms with Crippen molar-refractivity contribution in [3.05, 3.63) is 63.4 Å². The Morgan fingerprint density at radius 2 is 1.95 bits per heavy atom. The van der Waals surface area contributed by atoms with Crippen LogP contribution in [0.1, 0.15) is 15.9 Å². The Morgan fingerprint density at radius 3 is 2.62 bits per heavy atom. The minimum Gasteiger partial charge on any atom is -0.465 e. The molecule has 3 aromatic rings. The Bertz CT molecular complexity index is 878. The van der Waals surface area contributed by atoms with Crippen molar-refractivity contribution >= 4 is 22.1 Å². The number of hydrogen-bond acceptors (Lipinski definition) is 4. The summed E-state index contributed by atoms with van der Waals surface area (Å²) < 4.78 is 6.42. The van der Waals surface area contributed by atoms with Crippen molar-refractivity contribution in [2.75, 3.05) is 7.11 Å². The lowest BCUT2D eigenvalue weighted by Gasteiger charge is -2.12. The van der Waals surface area contributed by atoms with Crippen LogP contribution in [0.4, 0.5) is 0 Å². The summed E-state index contributed by atoms with van der Waals surface area (Å²) >= 11 is 1.35. The van der Waals surface area contributed by atoms with Gasteiger partial charge in [-0.3, -0.25) is 9.20 Å². The minimum absolute atomic E-state index is 0.113. The molecule has 0 aliphatic rings. The number of aromatic nitrogens is 1. The van der Waals surface area contributed by atoms with E-state index in [1.165, 1.54) is 22.8 Å². The van der Waals surface area contributed by atoms with Gasteiger partial charge in [-0.15, -0.1) is 11.3 Å². The Balaban J connectivity index is 2.50. The molecule has 0 saturated carbocycles. The predicted molar refractivity (Wildman–Crippen MR) is 83.1 cm³/mol. The van der Waals surface area contributed by atoms with E-state index >= 15 is 0 Å². The molecular formula is C16H13NO3S. The molecule has 0 fully saturated rings. The first-order chi connectivity index (χ1) is 10.1. The molecule has 2 heterocycles. The average Bonchev–Trinajstić information content (AvgIpc) is 3.00. The fraction of sp³-hybridized carbons (Fsp3) is 0.125. The molecule has 0 radical (unpaired) electrons. The average molecular weight is 299 g/mol. The van der Waals surface area contributed by atoms with Gasteiger partial charge in [-0.25, -0.2) is 4.79 Å². The fourth-order valence-electron chi connectivity index (χ4n) is 2.46. The zero-order chi connectivity index (χ0) is 15.0. The van der Waals surface area contributed by atoms with E-state index in [2.05, 4.69) is 0 Å². The number of rotatable bonds is 2. The zero-order valence-electron chi connectivity index (χ0n) is 11.6. The van der Waals surface area contributed by atoms with E-state index in [9.17, 15) is 9.59 Å². The number of carbonyl (C=O) groups excluding carboxylic acids is 1. The van der Waals surface area contributed by atoms with Crippen molar-refractivity contribution in [3.8, 4) is 11.1 Å². The number of carbonyl (C=O) groups is 1. The number of fused-ring (bicyclic) bond motifs is 1. The first-order valence-electron chi connectivity index (χ1n) is 6.41. The summed E-state index contributed by atoms with van der Waals surface area (Å²) in [5.74, 6) is -0.433. The molecule has 5 heteroatoms. The summed E-state index contributed by atoms with van der Waals surface area (Å²) in [5.41, 5.74) is 2.35. The summed E-state index contributed by atoms with van der Waals surface area (Å²) in [5, 5.41) is 1.79. The topological polar surface area (TPSA) is 47.8 Å². The molecule has 3 rings (SSSR count). The molecule has 0 spiro atoms. The Morgan fingerprint density at radius 1 is 1.24 bits per heavy atom. The molecule has 21 heavy (non-hydrogen) atoms. The Kier molecular flexibility index (Phi) is 3.35. The van der Waals surface area contributed by atoms with Gasteiger partial charge in [-0.1, -0.05) is 30.3 Å². The molecular weight excluding hydrogens is 286 g/mol. The maximum atomic E-state index is 12.5. The third kappa shape index (κ3) is 2.06. The second-order valence-corrected chi connectivity index (χ2v) is 5.51. The first-order valence-corrected chi connectivity index (χ1v) is 7.29. The van der Waals surface area contributed by atoms with Gasteiger partial charge in [-0.2, -0.15) is 0 Å². The molecule has 0 aliphatic carbocycles. The number of benzene rings is 1. The van der Waals surface area contributed by atoms with Gasteiger partial charge in [0.1, 0.15) is 10.4 Å². The van der Waals surface area contributed by atoms with Gasteiger partial charge in [0.25, 0.3) is 5.56 Å². The van der Waals surface area contributed by atoms with E-state index in [1.807, 2.05) is 30.3 Å². The summed E-state index contributed by atoms with van der Waals surface area (Å²) in [6, 6.07) is 9.43. The van der Waals surface area contributed by atoms with Crippen LogP contribution in [0.3, 0.4) is 0 Å². The van der Waals surface area contributed by atoms with E-state index in [0.29, 0.717) is 21.5 Å². The third-order valence-corrected chi connectivity index (χ3v) is 4.32. The highest BCUT2D eigenvalue weighted by molar-refractivity contribution is 7.16. The molecule has 1 aromatic carbocycles. The predicted octanol–water partition coefficient (Wildman–Crippen LogP) is 3.12. The number of thiazole rings is 1. The molecule has 4 nitrogen and oxygen atoms in total. The van der Waals surface area contributed by atoms with Crippen LogP contribution in [0, 0.1) is 6.92 Å². The van der Waals surface area contributed by atoms with Crippen LogP contribution < -0.4 is 5.56 Å². The fourth-order valence-corrected chi connectivity index (χ4v) is 3.33. The van der Waals surface area contributed by atoms with Gasteiger partial charge < -0.3 is 4.74 Å². The molecule has 0 atom stereocenters. The lowest BCUT2D eigenvalue weighted by Crippen LogP contribution is -2.20. The standard InChI is InChI=1S/C16H13NO3S/c1-10-12(11-6-4-3-5-7-11)13(16(19)20-2)15-17(14(10)18)8-9-21-15/h3-9H,1-2H3. The Hall–Kier alpha value is -2.40. The first kappa shape index (κ1) is 13.6. The number of esters is 1. The third-order valence-electron chi connectivity index (χ3n) is 3.44. The molecule has 0 unspecified atom stereocenters. The highest BCUT2D eigenvalue weighted by atomic mass is 32.1.